The number of hydrogen-bond donors (Lipinski definition) is 1. The van der Waals surface area contributed by atoms with E-state index in [1.807, 2.05) is 23.9 Å². The van der Waals surface area contributed by atoms with Crippen LogP contribution in [0, 0.1) is 0 Å². The Morgan fingerprint density at radius 3 is 2.48 bits per heavy atom. The molecule has 1 N–H and O–H groups in total. The standard InChI is InChI=1S/C21H29N3O5/c1-14(25)16-11-15(21(27)23(4)6-5-22(2)3)12-17-18(26)13-19(29-20(16)17)24-7-9-28-10-8-24/h11-14,25H,5-10H2,1-4H3. The second kappa shape index (κ2) is 8.94. The van der Waals surface area contributed by atoms with E-state index in [0.29, 0.717) is 60.8 Å². The number of hydrogen-bond acceptors (Lipinski definition) is 7. The normalized spacial score (nSPS) is 15.7. The molecule has 158 valence electrons. The fourth-order valence-electron chi connectivity index (χ4n) is 3.32. The van der Waals surface area contributed by atoms with E-state index in [-0.39, 0.29) is 11.3 Å². The van der Waals surface area contributed by atoms with E-state index in [2.05, 4.69) is 0 Å². The van der Waals surface area contributed by atoms with E-state index in [4.69, 9.17) is 9.15 Å². The number of aliphatic hydroxyl groups excluding tert-OH is 1. The van der Waals surface area contributed by atoms with Crippen LogP contribution in [-0.4, -0.2) is 81.3 Å². The average Bonchev–Trinajstić information content (AvgIpc) is 2.71. The molecule has 1 fully saturated rings. The molecule has 0 aliphatic carbocycles. The lowest BCUT2D eigenvalue weighted by Crippen LogP contribution is -2.36. The van der Waals surface area contributed by atoms with Gasteiger partial charge in [0.2, 0.25) is 0 Å². The van der Waals surface area contributed by atoms with Gasteiger partial charge in [0.1, 0.15) is 5.58 Å². The van der Waals surface area contributed by atoms with Crippen LogP contribution in [0.3, 0.4) is 0 Å². The zero-order valence-corrected chi connectivity index (χ0v) is 17.5. The quantitative estimate of drug-likeness (QED) is 0.778. The third kappa shape index (κ3) is 4.77. The fraction of sp³-hybridized carbons (Fsp3) is 0.524. The Morgan fingerprint density at radius 2 is 1.86 bits per heavy atom. The molecule has 1 unspecified atom stereocenters. The van der Waals surface area contributed by atoms with Gasteiger partial charge in [0.25, 0.3) is 5.91 Å². The number of amides is 1. The molecular formula is C21H29N3O5. The minimum absolute atomic E-state index is 0.202. The van der Waals surface area contributed by atoms with Crippen molar-refractivity contribution in [3.63, 3.8) is 0 Å². The maximum absolute atomic E-state index is 12.9. The van der Waals surface area contributed by atoms with Crippen LogP contribution in [0.4, 0.5) is 5.88 Å². The summed E-state index contributed by atoms with van der Waals surface area (Å²) in [5, 5.41) is 10.6. The number of aliphatic hydroxyl groups is 1. The summed E-state index contributed by atoms with van der Waals surface area (Å²) in [5.41, 5.74) is 0.877. The van der Waals surface area contributed by atoms with Crippen molar-refractivity contribution in [1.82, 2.24) is 9.80 Å². The third-order valence-electron chi connectivity index (χ3n) is 5.09. The highest BCUT2D eigenvalue weighted by atomic mass is 16.5. The third-order valence-corrected chi connectivity index (χ3v) is 5.09. The van der Waals surface area contributed by atoms with Crippen LogP contribution in [0.5, 0.6) is 0 Å². The van der Waals surface area contributed by atoms with Crippen molar-refractivity contribution in [3.8, 4) is 0 Å². The smallest absolute Gasteiger partial charge is 0.253 e. The molecule has 3 rings (SSSR count). The topological polar surface area (TPSA) is 86.5 Å². The Kier molecular flexibility index (Phi) is 6.56. The lowest BCUT2D eigenvalue weighted by molar-refractivity contribution is 0.0786. The van der Waals surface area contributed by atoms with Gasteiger partial charge in [-0.05, 0) is 33.2 Å². The molecule has 1 aliphatic rings. The van der Waals surface area contributed by atoms with Crippen molar-refractivity contribution < 1.29 is 19.1 Å². The summed E-state index contributed by atoms with van der Waals surface area (Å²) in [6.45, 7) is 5.27. The fourth-order valence-corrected chi connectivity index (χ4v) is 3.32. The number of benzene rings is 1. The van der Waals surface area contributed by atoms with Gasteiger partial charge in [-0.2, -0.15) is 0 Å². The largest absolute Gasteiger partial charge is 0.440 e. The number of carbonyl (C=O) groups is 1. The highest BCUT2D eigenvalue weighted by Gasteiger charge is 2.21. The predicted molar refractivity (Wildman–Crippen MR) is 112 cm³/mol. The maximum Gasteiger partial charge on any atom is 0.253 e. The number of nitrogens with zero attached hydrogens (tertiary/aromatic N) is 3. The Balaban J connectivity index is 2.03. The van der Waals surface area contributed by atoms with Gasteiger partial charge in [0, 0.05) is 50.4 Å². The Labute approximate surface area is 170 Å². The molecular weight excluding hydrogens is 374 g/mol. The Morgan fingerprint density at radius 1 is 1.17 bits per heavy atom. The van der Waals surface area contributed by atoms with Crippen molar-refractivity contribution in [3.05, 3.63) is 39.5 Å². The number of rotatable bonds is 6. The van der Waals surface area contributed by atoms with E-state index in [0.717, 1.165) is 6.54 Å². The van der Waals surface area contributed by atoms with Crippen LogP contribution in [0.15, 0.2) is 27.4 Å². The predicted octanol–water partition coefficient (Wildman–Crippen LogP) is 1.32. The van der Waals surface area contributed by atoms with Crippen molar-refractivity contribution in [1.29, 1.82) is 0 Å². The summed E-state index contributed by atoms with van der Waals surface area (Å²) >= 11 is 0. The second-order valence-electron chi connectivity index (χ2n) is 7.70. The molecule has 0 radical (unpaired) electrons. The van der Waals surface area contributed by atoms with Crippen LogP contribution in [0.25, 0.3) is 11.0 Å². The zero-order valence-electron chi connectivity index (χ0n) is 17.5. The van der Waals surface area contributed by atoms with Crippen molar-refractivity contribution in [2.75, 3.05) is 65.4 Å². The molecule has 8 heteroatoms. The van der Waals surface area contributed by atoms with Gasteiger partial charge in [-0.15, -0.1) is 0 Å². The molecule has 29 heavy (non-hydrogen) atoms. The highest BCUT2D eigenvalue weighted by molar-refractivity contribution is 5.98. The molecule has 0 bridgehead atoms. The van der Waals surface area contributed by atoms with Gasteiger partial charge in [-0.25, -0.2) is 0 Å². The summed E-state index contributed by atoms with van der Waals surface area (Å²) in [5.74, 6) is 0.252. The summed E-state index contributed by atoms with van der Waals surface area (Å²) in [6.07, 6.45) is -0.888. The van der Waals surface area contributed by atoms with Gasteiger partial charge in [0.05, 0.1) is 24.7 Å². The molecule has 0 saturated carbocycles. The summed E-state index contributed by atoms with van der Waals surface area (Å²) in [4.78, 5) is 31.3. The van der Waals surface area contributed by atoms with Crippen molar-refractivity contribution in [2.45, 2.75) is 13.0 Å². The first-order valence-electron chi connectivity index (χ1n) is 9.80. The molecule has 2 aromatic rings. The number of carbonyl (C=O) groups excluding carboxylic acids is 1. The maximum atomic E-state index is 12.9. The highest BCUT2D eigenvalue weighted by Crippen LogP contribution is 2.28. The lowest BCUT2D eigenvalue weighted by Gasteiger charge is -2.27. The number of morpholine rings is 1. The molecule has 1 amide bonds. The molecule has 1 atom stereocenters. The second-order valence-corrected chi connectivity index (χ2v) is 7.70. The van der Waals surface area contributed by atoms with Crippen LogP contribution < -0.4 is 10.3 Å². The minimum Gasteiger partial charge on any atom is -0.440 e. The molecule has 0 spiro atoms. The van der Waals surface area contributed by atoms with E-state index in [1.54, 1.807) is 31.0 Å². The van der Waals surface area contributed by atoms with Crippen molar-refractivity contribution in [2.24, 2.45) is 0 Å². The van der Waals surface area contributed by atoms with Gasteiger partial charge < -0.3 is 29.0 Å². The SMILES string of the molecule is CC(O)c1cc(C(=O)N(C)CCN(C)C)cc2c(=O)cc(N3CCOCC3)oc12. The van der Waals surface area contributed by atoms with Gasteiger partial charge in [0.15, 0.2) is 11.3 Å². The average molecular weight is 403 g/mol. The van der Waals surface area contributed by atoms with E-state index in [1.165, 1.54) is 6.07 Å². The molecule has 1 aliphatic heterocycles. The number of ether oxygens (including phenoxy) is 1. The van der Waals surface area contributed by atoms with E-state index >= 15 is 0 Å². The van der Waals surface area contributed by atoms with Crippen LogP contribution in [-0.2, 0) is 4.74 Å². The molecule has 1 aromatic heterocycles. The van der Waals surface area contributed by atoms with Crippen molar-refractivity contribution >= 4 is 22.8 Å². The molecule has 1 aromatic carbocycles. The summed E-state index contributed by atoms with van der Waals surface area (Å²) in [6, 6.07) is 4.63. The van der Waals surface area contributed by atoms with Gasteiger partial charge >= 0.3 is 0 Å². The first kappa shape index (κ1) is 21.3. The van der Waals surface area contributed by atoms with E-state index in [9.17, 15) is 14.7 Å². The summed E-state index contributed by atoms with van der Waals surface area (Å²) < 4.78 is 11.4. The summed E-state index contributed by atoms with van der Waals surface area (Å²) in [7, 11) is 5.61. The lowest BCUT2D eigenvalue weighted by atomic mass is 10.0. The molecule has 8 nitrogen and oxygen atoms in total. The Bertz CT molecular complexity index is 932. The minimum atomic E-state index is -0.888. The first-order chi connectivity index (χ1) is 13.8. The monoisotopic (exact) mass is 403 g/mol. The molecule has 1 saturated heterocycles. The first-order valence-corrected chi connectivity index (χ1v) is 9.80. The van der Waals surface area contributed by atoms with E-state index < -0.39 is 6.10 Å². The Hall–Kier alpha value is -2.42. The zero-order chi connectivity index (χ0) is 21.1. The molecule has 2 heterocycles. The van der Waals surface area contributed by atoms with Crippen LogP contribution in [0.2, 0.25) is 0 Å². The van der Waals surface area contributed by atoms with Crippen LogP contribution >= 0.6 is 0 Å². The number of likely N-dealkylation sites (N-methyl/N-ethyl adjacent to an activating group) is 2. The number of fused-ring (bicyclic) bond motifs is 1. The van der Waals surface area contributed by atoms with Crippen LogP contribution in [0.1, 0.15) is 28.9 Å². The number of anilines is 1. The van der Waals surface area contributed by atoms with Gasteiger partial charge in [-0.1, -0.05) is 0 Å². The van der Waals surface area contributed by atoms with Gasteiger partial charge in [-0.3, -0.25) is 9.59 Å².